The molecule has 0 aliphatic carbocycles. The van der Waals surface area contributed by atoms with Crippen LogP contribution in [0.5, 0.6) is 5.75 Å². The summed E-state index contributed by atoms with van der Waals surface area (Å²) >= 11 is 3.31. The third kappa shape index (κ3) is 4.06. The Morgan fingerprint density at radius 1 is 1.20 bits per heavy atom. The van der Waals surface area contributed by atoms with Crippen LogP contribution in [0, 0.1) is 0 Å². The molecule has 7 heteroatoms. The Morgan fingerprint density at radius 3 is 2.40 bits per heavy atom. The number of piperazine rings is 1. The van der Waals surface area contributed by atoms with Gasteiger partial charge in [-0.2, -0.15) is 0 Å². The van der Waals surface area contributed by atoms with Crippen molar-refractivity contribution < 1.29 is 19.1 Å². The molecule has 0 bridgehead atoms. The number of amides is 3. The quantitative estimate of drug-likeness (QED) is 0.819. The van der Waals surface area contributed by atoms with E-state index in [1.165, 1.54) is 4.90 Å². The summed E-state index contributed by atoms with van der Waals surface area (Å²) in [6.07, 6.45) is 0.122. The summed E-state index contributed by atoms with van der Waals surface area (Å²) in [6.45, 7) is 0.0402. The second-order valence-corrected chi connectivity index (χ2v) is 5.19. The number of hydrogen-bond donors (Lipinski definition) is 1. The van der Waals surface area contributed by atoms with Crippen LogP contribution in [0.4, 0.5) is 0 Å². The zero-order valence-electron chi connectivity index (χ0n) is 10.6. The fourth-order valence-corrected chi connectivity index (χ4v) is 2.02. The van der Waals surface area contributed by atoms with Crippen molar-refractivity contribution in [1.29, 1.82) is 0 Å². The smallest absolute Gasteiger partial charge is 0.246 e. The molecule has 1 saturated heterocycles. The monoisotopic (exact) mass is 340 g/mol. The normalized spacial score (nSPS) is 14.9. The molecule has 3 amide bonds. The lowest BCUT2D eigenvalue weighted by atomic mass is 10.3. The number of carbonyl (C=O) groups is 3. The highest BCUT2D eigenvalue weighted by Gasteiger charge is 2.25. The van der Waals surface area contributed by atoms with E-state index >= 15 is 0 Å². The first-order valence-corrected chi connectivity index (χ1v) is 6.83. The molecule has 1 fully saturated rings. The summed E-state index contributed by atoms with van der Waals surface area (Å²) in [7, 11) is 0. The van der Waals surface area contributed by atoms with Crippen LogP contribution in [0.1, 0.15) is 6.42 Å². The minimum Gasteiger partial charge on any atom is -0.493 e. The second kappa shape index (κ2) is 6.51. The second-order valence-electron chi connectivity index (χ2n) is 4.27. The standard InChI is InChI=1S/C13H13BrN2O4/c14-9-1-3-10(4-2-9)20-6-5-13(19)16-7-11(17)15-12(18)8-16/h1-4H,5-8H2,(H,15,17,18). The van der Waals surface area contributed by atoms with E-state index in [1.807, 2.05) is 12.1 Å². The Labute approximate surface area is 124 Å². The molecule has 0 aromatic heterocycles. The van der Waals surface area contributed by atoms with Crippen LogP contribution < -0.4 is 10.1 Å². The molecule has 2 rings (SSSR count). The van der Waals surface area contributed by atoms with E-state index in [0.29, 0.717) is 5.75 Å². The SMILES string of the molecule is O=C1CN(C(=O)CCOc2ccc(Br)cc2)CC(=O)N1. The lowest BCUT2D eigenvalue weighted by Gasteiger charge is -2.25. The highest BCUT2D eigenvalue weighted by Crippen LogP contribution is 2.16. The molecular weight excluding hydrogens is 328 g/mol. The van der Waals surface area contributed by atoms with E-state index < -0.39 is 11.8 Å². The van der Waals surface area contributed by atoms with Gasteiger partial charge in [0.1, 0.15) is 18.8 Å². The van der Waals surface area contributed by atoms with Crippen LogP contribution in [0.3, 0.4) is 0 Å². The zero-order valence-corrected chi connectivity index (χ0v) is 12.2. The maximum Gasteiger partial charge on any atom is 0.246 e. The number of halogens is 1. The Kier molecular flexibility index (Phi) is 4.73. The molecule has 0 spiro atoms. The van der Waals surface area contributed by atoms with Crippen molar-refractivity contribution in [3.8, 4) is 5.75 Å². The molecule has 0 unspecified atom stereocenters. The third-order valence-electron chi connectivity index (χ3n) is 2.70. The van der Waals surface area contributed by atoms with Crippen molar-refractivity contribution in [2.45, 2.75) is 6.42 Å². The van der Waals surface area contributed by atoms with Crippen molar-refractivity contribution in [3.63, 3.8) is 0 Å². The van der Waals surface area contributed by atoms with Gasteiger partial charge in [-0.3, -0.25) is 19.7 Å². The summed E-state index contributed by atoms with van der Waals surface area (Å²) in [5.41, 5.74) is 0. The lowest BCUT2D eigenvalue weighted by molar-refractivity contribution is -0.145. The lowest BCUT2D eigenvalue weighted by Crippen LogP contribution is -2.53. The molecule has 106 valence electrons. The van der Waals surface area contributed by atoms with Crippen molar-refractivity contribution in [2.24, 2.45) is 0 Å². The van der Waals surface area contributed by atoms with Crippen molar-refractivity contribution in [3.05, 3.63) is 28.7 Å². The van der Waals surface area contributed by atoms with Crippen LogP contribution in [-0.4, -0.2) is 42.3 Å². The van der Waals surface area contributed by atoms with Gasteiger partial charge >= 0.3 is 0 Å². The third-order valence-corrected chi connectivity index (χ3v) is 3.23. The predicted molar refractivity (Wildman–Crippen MR) is 74.0 cm³/mol. The number of ether oxygens (including phenoxy) is 1. The number of nitrogens with zero attached hydrogens (tertiary/aromatic N) is 1. The number of imide groups is 1. The van der Waals surface area contributed by atoms with E-state index in [-0.39, 0.29) is 32.0 Å². The molecule has 6 nitrogen and oxygen atoms in total. The van der Waals surface area contributed by atoms with Crippen LogP contribution in [0.25, 0.3) is 0 Å². The van der Waals surface area contributed by atoms with Crippen LogP contribution in [0.2, 0.25) is 0 Å². The molecule has 20 heavy (non-hydrogen) atoms. The van der Waals surface area contributed by atoms with Gasteiger partial charge in [0, 0.05) is 4.47 Å². The Morgan fingerprint density at radius 2 is 1.80 bits per heavy atom. The minimum atomic E-state index is -0.455. The minimum absolute atomic E-state index is 0.0805. The summed E-state index contributed by atoms with van der Waals surface area (Å²) in [5.74, 6) is -0.523. The van der Waals surface area contributed by atoms with Gasteiger partial charge in [0.25, 0.3) is 0 Å². The molecule has 0 atom stereocenters. The van der Waals surface area contributed by atoms with Crippen molar-refractivity contribution in [2.75, 3.05) is 19.7 Å². The number of nitrogens with one attached hydrogen (secondary N) is 1. The molecule has 1 N–H and O–H groups in total. The van der Waals surface area contributed by atoms with Crippen LogP contribution in [0.15, 0.2) is 28.7 Å². The molecule has 1 aromatic rings. The van der Waals surface area contributed by atoms with Gasteiger partial charge in [-0.05, 0) is 24.3 Å². The summed E-state index contributed by atoms with van der Waals surface area (Å²) in [6, 6.07) is 7.24. The van der Waals surface area contributed by atoms with Gasteiger partial charge in [0.15, 0.2) is 0 Å². The number of benzene rings is 1. The maximum atomic E-state index is 11.8. The van der Waals surface area contributed by atoms with E-state index in [4.69, 9.17) is 4.74 Å². The van der Waals surface area contributed by atoms with E-state index in [9.17, 15) is 14.4 Å². The average Bonchev–Trinajstić information content (AvgIpc) is 2.40. The first kappa shape index (κ1) is 14.5. The Balaban J connectivity index is 1.78. The molecule has 1 aliphatic rings. The van der Waals surface area contributed by atoms with Crippen LogP contribution >= 0.6 is 15.9 Å². The first-order chi connectivity index (χ1) is 9.54. The van der Waals surface area contributed by atoms with Gasteiger partial charge < -0.3 is 9.64 Å². The highest BCUT2D eigenvalue weighted by atomic mass is 79.9. The predicted octanol–water partition coefficient (Wildman–Crippen LogP) is 0.703. The summed E-state index contributed by atoms with van der Waals surface area (Å²) in [5, 5.41) is 2.14. The van der Waals surface area contributed by atoms with Gasteiger partial charge in [-0.25, -0.2) is 0 Å². The molecule has 1 aliphatic heterocycles. The highest BCUT2D eigenvalue weighted by molar-refractivity contribution is 9.10. The fourth-order valence-electron chi connectivity index (χ4n) is 1.76. The molecule has 1 heterocycles. The first-order valence-electron chi connectivity index (χ1n) is 6.03. The van der Waals surface area contributed by atoms with Crippen molar-refractivity contribution >= 4 is 33.7 Å². The number of rotatable bonds is 4. The summed E-state index contributed by atoms with van der Waals surface area (Å²) in [4.78, 5) is 35.4. The van der Waals surface area contributed by atoms with Gasteiger partial charge in [-0.1, -0.05) is 15.9 Å². The van der Waals surface area contributed by atoms with Gasteiger partial charge in [0.05, 0.1) is 13.0 Å². The molecular formula is C13H13BrN2O4. The number of carbonyl (C=O) groups excluding carboxylic acids is 3. The Bertz CT molecular complexity index is 514. The van der Waals surface area contributed by atoms with Gasteiger partial charge in [-0.15, -0.1) is 0 Å². The maximum absolute atomic E-state index is 11.8. The molecule has 1 aromatic carbocycles. The van der Waals surface area contributed by atoms with Gasteiger partial charge in [0.2, 0.25) is 17.7 Å². The van der Waals surface area contributed by atoms with E-state index in [2.05, 4.69) is 21.2 Å². The topological polar surface area (TPSA) is 75.7 Å². The molecule has 0 radical (unpaired) electrons. The van der Waals surface area contributed by atoms with Crippen molar-refractivity contribution in [1.82, 2.24) is 10.2 Å². The van der Waals surface area contributed by atoms with E-state index in [1.54, 1.807) is 12.1 Å². The Hall–Kier alpha value is -1.89. The van der Waals surface area contributed by atoms with E-state index in [0.717, 1.165) is 4.47 Å². The largest absolute Gasteiger partial charge is 0.493 e. The summed E-state index contributed by atoms with van der Waals surface area (Å²) < 4.78 is 6.37. The average molecular weight is 341 g/mol. The fraction of sp³-hybridized carbons (Fsp3) is 0.308. The number of hydrogen-bond acceptors (Lipinski definition) is 4. The zero-order chi connectivity index (χ0) is 14.5. The van der Waals surface area contributed by atoms with Crippen LogP contribution in [-0.2, 0) is 14.4 Å². The molecule has 0 saturated carbocycles.